The van der Waals surface area contributed by atoms with Crippen molar-refractivity contribution in [3.05, 3.63) is 17.7 Å². The van der Waals surface area contributed by atoms with Gasteiger partial charge in [0.25, 0.3) is 0 Å². The Morgan fingerprint density at radius 3 is 3.11 bits per heavy atom. The van der Waals surface area contributed by atoms with Gasteiger partial charge in [-0.1, -0.05) is 0 Å². The molecule has 18 heavy (non-hydrogen) atoms. The number of hydrogen-bond acceptors (Lipinski definition) is 3. The third kappa shape index (κ3) is 2.56. The highest BCUT2D eigenvalue weighted by molar-refractivity contribution is 5.76. The number of nitrogens with one attached hydrogen (secondary N) is 1. The summed E-state index contributed by atoms with van der Waals surface area (Å²) in [5.74, 6) is 1.75. The summed E-state index contributed by atoms with van der Waals surface area (Å²) in [6.45, 7) is 3.90. The van der Waals surface area contributed by atoms with Crippen LogP contribution < -0.4 is 0 Å². The molecule has 0 bridgehead atoms. The minimum Gasteiger partial charge on any atom is -0.367 e. The zero-order valence-electron chi connectivity index (χ0n) is 10.7. The smallest absolute Gasteiger partial charge is 0.223 e. The number of amides is 1. The molecule has 1 saturated heterocycles. The van der Waals surface area contributed by atoms with Gasteiger partial charge in [-0.3, -0.25) is 4.79 Å². The van der Waals surface area contributed by atoms with Gasteiger partial charge in [0, 0.05) is 24.9 Å². The average molecular weight is 249 g/mol. The second kappa shape index (κ2) is 4.72. The van der Waals surface area contributed by atoms with Crippen molar-refractivity contribution < 1.29 is 9.53 Å². The Kier molecular flexibility index (Phi) is 3.07. The number of nitrogens with zero attached hydrogens (tertiary/aromatic N) is 2. The van der Waals surface area contributed by atoms with Crippen LogP contribution in [-0.2, 0) is 9.53 Å². The van der Waals surface area contributed by atoms with E-state index in [0.29, 0.717) is 32.0 Å². The number of H-pyrrole nitrogens is 1. The molecule has 0 spiro atoms. The SMILES string of the molecule is Cc1cnc([C@H]2CN(C(=O)CC3CC3)CCO2)[nH]1. The Bertz CT molecular complexity index is 439. The average Bonchev–Trinajstić information content (AvgIpc) is 3.08. The number of morpholine rings is 1. The number of rotatable bonds is 3. The molecule has 2 aliphatic rings. The van der Waals surface area contributed by atoms with E-state index >= 15 is 0 Å². The molecule has 0 radical (unpaired) electrons. The summed E-state index contributed by atoms with van der Waals surface area (Å²) in [7, 11) is 0. The zero-order chi connectivity index (χ0) is 12.5. The van der Waals surface area contributed by atoms with Crippen LogP contribution in [0.3, 0.4) is 0 Å². The van der Waals surface area contributed by atoms with E-state index in [4.69, 9.17) is 4.74 Å². The summed E-state index contributed by atoms with van der Waals surface area (Å²) in [6, 6.07) is 0. The minimum atomic E-state index is -0.101. The zero-order valence-corrected chi connectivity index (χ0v) is 10.7. The lowest BCUT2D eigenvalue weighted by Gasteiger charge is -2.32. The van der Waals surface area contributed by atoms with Crippen molar-refractivity contribution >= 4 is 5.91 Å². The maximum atomic E-state index is 12.1. The number of aromatic nitrogens is 2. The monoisotopic (exact) mass is 249 g/mol. The maximum Gasteiger partial charge on any atom is 0.223 e. The van der Waals surface area contributed by atoms with Crippen LogP contribution in [0, 0.1) is 12.8 Å². The fourth-order valence-corrected chi connectivity index (χ4v) is 2.34. The summed E-state index contributed by atoms with van der Waals surface area (Å²) >= 11 is 0. The lowest BCUT2D eigenvalue weighted by atomic mass is 10.2. The molecule has 2 heterocycles. The van der Waals surface area contributed by atoms with Gasteiger partial charge in [0.1, 0.15) is 11.9 Å². The first-order chi connectivity index (χ1) is 8.72. The molecule has 1 aliphatic heterocycles. The first-order valence-corrected chi connectivity index (χ1v) is 6.63. The quantitative estimate of drug-likeness (QED) is 0.881. The van der Waals surface area contributed by atoms with E-state index in [9.17, 15) is 4.79 Å². The van der Waals surface area contributed by atoms with Crippen LogP contribution in [-0.4, -0.2) is 40.5 Å². The van der Waals surface area contributed by atoms with Gasteiger partial charge >= 0.3 is 0 Å². The van der Waals surface area contributed by atoms with E-state index in [0.717, 1.165) is 11.5 Å². The van der Waals surface area contributed by atoms with Crippen molar-refractivity contribution in [2.24, 2.45) is 5.92 Å². The second-order valence-electron chi connectivity index (χ2n) is 5.30. The third-order valence-electron chi connectivity index (χ3n) is 3.61. The van der Waals surface area contributed by atoms with Crippen LogP contribution in [0.4, 0.5) is 0 Å². The van der Waals surface area contributed by atoms with Gasteiger partial charge in [0.2, 0.25) is 5.91 Å². The fraction of sp³-hybridized carbons (Fsp3) is 0.692. The number of carbonyl (C=O) groups excluding carboxylic acids is 1. The molecule has 2 fully saturated rings. The fourth-order valence-electron chi connectivity index (χ4n) is 2.34. The number of ether oxygens (including phenoxy) is 1. The Hall–Kier alpha value is -1.36. The molecule has 1 aromatic heterocycles. The van der Waals surface area contributed by atoms with Crippen LogP contribution >= 0.6 is 0 Å². The summed E-state index contributed by atoms with van der Waals surface area (Å²) in [4.78, 5) is 21.5. The standard InChI is InChI=1S/C13H19N3O2/c1-9-7-14-13(15-9)11-8-16(4-5-18-11)12(17)6-10-2-3-10/h7,10-11H,2-6,8H2,1H3,(H,14,15)/t11-/m1/s1. The molecule has 98 valence electrons. The van der Waals surface area contributed by atoms with Crippen molar-refractivity contribution in [2.45, 2.75) is 32.3 Å². The number of aryl methyl sites for hydroxylation is 1. The predicted octanol–water partition coefficient (Wildman–Crippen LogP) is 1.42. The summed E-state index contributed by atoms with van der Waals surface area (Å²) in [5, 5.41) is 0. The topological polar surface area (TPSA) is 58.2 Å². The highest BCUT2D eigenvalue weighted by atomic mass is 16.5. The molecule has 1 amide bonds. The predicted molar refractivity (Wildman–Crippen MR) is 65.9 cm³/mol. The number of imidazole rings is 1. The molecule has 1 N–H and O–H groups in total. The van der Waals surface area contributed by atoms with Crippen LogP contribution in [0.5, 0.6) is 0 Å². The Morgan fingerprint density at radius 1 is 1.61 bits per heavy atom. The first-order valence-electron chi connectivity index (χ1n) is 6.63. The first kappa shape index (κ1) is 11.7. The Labute approximate surface area is 107 Å². The van der Waals surface area contributed by atoms with Gasteiger partial charge in [-0.2, -0.15) is 0 Å². The Morgan fingerprint density at radius 2 is 2.44 bits per heavy atom. The normalized spacial score (nSPS) is 24.3. The van der Waals surface area contributed by atoms with Gasteiger partial charge in [-0.15, -0.1) is 0 Å². The van der Waals surface area contributed by atoms with Crippen molar-refractivity contribution in [2.75, 3.05) is 19.7 Å². The number of aromatic amines is 1. The van der Waals surface area contributed by atoms with Crippen LogP contribution in [0.15, 0.2) is 6.20 Å². The molecule has 1 aliphatic carbocycles. The molecular formula is C13H19N3O2. The van der Waals surface area contributed by atoms with E-state index in [1.165, 1.54) is 12.8 Å². The highest BCUT2D eigenvalue weighted by Gasteiger charge is 2.31. The molecule has 1 atom stereocenters. The molecule has 0 aromatic carbocycles. The van der Waals surface area contributed by atoms with E-state index < -0.39 is 0 Å². The molecule has 5 nitrogen and oxygen atoms in total. The highest BCUT2D eigenvalue weighted by Crippen LogP contribution is 2.33. The van der Waals surface area contributed by atoms with Gasteiger partial charge in [-0.25, -0.2) is 4.98 Å². The number of hydrogen-bond donors (Lipinski definition) is 1. The molecule has 1 saturated carbocycles. The summed E-state index contributed by atoms with van der Waals surface area (Å²) in [5.41, 5.74) is 1.02. The molecule has 1 aromatic rings. The minimum absolute atomic E-state index is 0.101. The van der Waals surface area contributed by atoms with Gasteiger partial charge in [-0.05, 0) is 25.7 Å². The molecule has 5 heteroatoms. The van der Waals surface area contributed by atoms with Crippen LogP contribution in [0.2, 0.25) is 0 Å². The van der Waals surface area contributed by atoms with Gasteiger partial charge in [0.05, 0.1) is 13.2 Å². The van der Waals surface area contributed by atoms with Crippen molar-refractivity contribution in [3.8, 4) is 0 Å². The van der Waals surface area contributed by atoms with Gasteiger partial charge < -0.3 is 14.6 Å². The van der Waals surface area contributed by atoms with E-state index in [-0.39, 0.29) is 12.0 Å². The lowest BCUT2D eigenvalue weighted by molar-refractivity contribution is -0.139. The van der Waals surface area contributed by atoms with Crippen LogP contribution in [0.1, 0.15) is 36.9 Å². The molecular weight excluding hydrogens is 230 g/mol. The van der Waals surface area contributed by atoms with Gasteiger partial charge in [0.15, 0.2) is 0 Å². The largest absolute Gasteiger partial charge is 0.367 e. The van der Waals surface area contributed by atoms with Crippen molar-refractivity contribution in [1.29, 1.82) is 0 Å². The van der Waals surface area contributed by atoms with Crippen LogP contribution in [0.25, 0.3) is 0 Å². The summed E-state index contributed by atoms with van der Waals surface area (Å²) < 4.78 is 5.69. The summed E-state index contributed by atoms with van der Waals surface area (Å²) in [6.07, 6.45) is 4.84. The lowest BCUT2D eigenvalue weighted by Crippen LogP contribution is -2.42. The third-order valence-corrected chi connectivity index (χ3v) is 3.61. The molecule has 3 rings (SSSR count). The van der Waals surface area contributed by atoms with E-state index in [1.54, 1.807) is 6.20 Å². The van der Waals surface area contributed by atoms with Crippen molar-refractivity contribution in [3.63, 3.8) is 0 Å². The number of carbonyl (C=O) groups is 1. The molecule has 0 unspecified atom stereocenters. The Balaban J connectivity index is 1.62. The maximum absolute atomic E-state index is 12.1. The van der Waals surface area contributed by atoms with E-state index in [1.807, 2.05) is 11.8 Å². The van der Waals surface area contributed by atoms with E-state index in [2.05, 4.69) is 9.97 Å². The second-order valence-corrected chi connectivity index (χ2v) is 5.30. The van der Waals surface area contributed by atoms with Crippen molar-refractivity contribution in [1.82, 2.24) is 14.9 Å².